The molecule has 94 valence electrons. The van der Waals surface area contributed by atoms with Crippen molar-refractivity contribution in [1.82, 2.24) is 4.90 Å². The van der Waals surface area contributed by atoms with Crippen molar-refractivity contribution in [2.75, 3.05) is 6.54 Å². The van der Waals surface area contributed by atoms with Gasteiger partial charge in [0, 0.05) is 18.0 Å². The number of fused-ring (bicyclic) bond motifs is 1. The van der Waals surface area contributed by atoms with E-state index in [1.807, 2.05) is 0 Å². The first-order chi connectivity index (χ1) is 7.93. The summed E-state index contributed by atoms with van der Waals surface area (Å²) in [5.41, 5.74) is 0.764. The van der Waals surface area contributed by atoms with Crippen LogP contribution in [0.5, 0.6) is 0 Å². The highest BCUT2D eigenvalue weighted by molar-refractivity contribution is 7.10. The molecule has 1 aliphatic rings. The molecule has 0 spiro atoms. The number of halogens is 4. The molecule has 1 aromatic heterocycles. The van der Waals surface area contributed by atoms with Crippen molar-refractivity contribution in [3.8, 4) is 0 Å². The lowest BCUT2D eigenvalue weighted by Crippen LogP contribution is -2.49. The molecular formula is C10H9F4NOS. The van der Waals surface area contributed by atoms with E-state index < -0.39 is 18.3 Å². The molecule has 0 bridgehead atoms. The maximum atomic E-state index is 12.9. The van der Waals surface area contributed by atoms with Gasteiger partial charge < -0.3 is 4.90 Å². The average molecular weight is 267 g/mol. The summed E-state index contributed by atoms with van der Waals surface area (Å²) in [5, 5.41) is 1.80. The van der Waals surface area contributed by atoms with Gasteiger partial charge in [-0.2, -0.15) is 8.78 Å². The van der Waals surface area contributed by atoms with Crippen LogP contribution in [0, 0.1) is 0 Å². The largest absolute Gasteiger partial charge is 0.383 e. The van der Waals surface area contributed by atoms with Crippen molar-refractivity contribution in [1.29, 1.82) is 0 Å². The molecule has 0 atom stereocenters. The Morgan fingerprint density at radius 1 is 1.47 bits per heavy atom. The number of rotatable bonds is 2. The van der Waals surface area contributed by atoms with E-state index in [1.54, 1.807) is 11.4 Å². The average Bonchev–Trinajstić information content (AvgIpc) is 2.74. The molecule has 0 unspecified atom stereocenters. The van der Waals surface area contributed by atoms with E-state index in [1.165, 1.54) is 11.3 Å². The van der Waals surface area contributed by atoms with Crippen LogP contribution < -0.4 is 0 Å². The first-order valence-corrected chi connectivity index (χ1v) is 5.81. The lowest BCUT2D eigenvalue weighted by Gasteiger charge is -2.29. The normalized spacial score (nSPS) is 16.2. The predicted octanol–water partition coefficient (Wildman–Crippen LogP) is 2.53. The second-order valence-electron chi connectivity index (χ2n) is 3.77. The Morgan fingerprint density at radius 2 is 2.18 bits per heavy atom. The zero-order valence-electron chi connectivity index (χ0n) is 8.63. The lowest BCUT2D eigenvalue weighted by atomic mass is 10.1. The van der Waals surface area contributed by atoms with E-state index in [-0.39, 0.29) is 13.1 Å². The summed E-state index contributed by atoms with van der Waals surface area (Å²) >= 11 is 1.48. The summed E-state index contributed by atoms with van der Waals surface area (Å²) in [4.78, 5) is 13.1. The van der Waals surface area contributed by atoms with Crippen molar-refractivity contribution in [3.63, 3.8) is 0 Å². The van der Waals surface area contributed by atoms with Crippen LogP contribution >= 0.6 is 11.3 Å². The van der Waals surface area contributed by atoms with Crippen molar-refractivity contribution >= 4 is 17.2 Å². The van der Waals surface area contributed by atoms with Crippen LogP contribution in [0.4, 0.5) is 17.6 Å². The Morgan fingerprint density at radius 3 is 2.82 bits per heavy atom. The molecule has 2 rings (SSSR count). The van der Waals surface area contributed by atoms with Crippen LogP contribution in [0.25, 0.3) is 0 Å². The Hall–Kier alpha value is -1.11. The second-order valence-corrected chi connectivity index (χ2v) is 4.77. The SMILES string of the molecule is O=C(N1CCc2sccc2C1)C(F)(F)C(F)F. The molecule has 1 amide bonds. The van der Waals surface area contributed by atoms with Crippen LogP contribution in [0.1, 0.15) is 10.4 Å². The predicted molar refractivity (Wildman–Crippen MR) is 54.4 cm³/mol. The third-order valence-electron chi connectivity index (χ3n) is 2.65. The third-order valence-corrected chi connectivity index (χ3v) is 3.68. The maximum absolute atomic E-state index is 12.9. The molecule has 0 aromatic carbocycles. The molecule has 1 aliphatic heterocycles. The fourth-order valence-electron chi connectivity index (χ4n) is 1.73. The lowest BCUT2D eigenvalue weighted by molar-refractivity contribution is -0.181. The van der Waals surface area contributed by atoms with Crippen LogP contribution in [0.2, 0.25) is 0 Å². The van der Waals surface area contributed by atoms with Crippen LogP contribution in [0.15, 0.2) is 11.4 Å². The highest BCUT2D eigenvalue weighted by Gasteiger charge is 2.51. The topological polar surface area (TPSA) is 20.3 Å². The minimum absolute atomic E-state index is 0.0139. The van der Waals surface area contributed by atoms with E-state index in [0.29, 0.717) is 6.42 Å². The Balaban J connectivity index is 2.14. The number of amides is 1. The van der Waals surface area contributed by atoms with E-state index in [2.05, 4.69) is 0 Å². The van der Waals surface area contributed by atoms with Gasteiger partial charge in [-0.3, -0.25) is 4.79 Å². The van der Waals surface area contributed by atoms with Gasteiger partial charge in [0.15, 0.2) is 0 Å². The fraction of sp³-hybridized carbons (Fsp3) is 0.500. The van der Waals surface area contributed by atoms with Gasteiger partial charge in [-0.05, 0) is 23.4 Å². The van der Waals surface area contributed by atoms with Crippen molar-refractivity contribution in [2.45, 2.75) is 25.3 Å². The number of nitrogens with zero attached hydrogens (tertiary/aromatic N) is 1. The minimum Gasteiger partial charge on any atom is -0.333 e. The number of hydrogen-bond acceptors (Lipinski definition) is 2. The van der Waals surface area contributed by atoms with Gasteiger partial charge in [0.2, 0.25) is 0 Å². The minimum atomic E-state index is -4.59. The maximum Gasteiger partial charge on any atom is 0.383 e. The van der Waals surface area contributed by atoms with Crippen LogP contribution in [-0.2, 0) is 17.8 Å². The molecule has 0 saturated carbocycles. The molecule has 17 heavy (non-hydrogen) atoms. The highest BCUT2D eigenvalue weighted by atomic mass is 32.1. The molecule has 0 N–H and O–H groups in total. The van der Waals surface area contributed by atoms with Gasteiger partial charge in [0.05, 0.1) is 0 Å². The number of alkyl halides is 4. The summed E-state index contributed by atoms with van der Waals surface area (Å²) in [6, 6.07) is 1.72. The Bertz CT molecular complexity index is 432. The molecular weight excluding hydrogens is 258 g/mol. The zero-order chi connectivity index (χ0) is 12.6. The van der Waals surface area contributed by atoms with Gasteiger partial charge in [0.25, 0.3) is 5.91 Å². The zero-order valence-corrected chi connectivity index (χ0v) is 9.45. The summed E-state index contributed by atoms with van der Waals surface area (Å²) in [6.45, 7) is 0.0502. The van der Waals surface area contributed by atoms with Crippen LogP contribution in [0.3, 0.4) is 0 Å². The Labute approximate surface area is 98.8 Å². The summed E-state index contributed by atoms with van der Waals surface area (Å²) in [5.74, 6) is -6.38. The number of carbonyl (C=O) groups excluding carboxylic acids is 1. The quantitative estimate of drug-likeness (QED) is 0.754. The first kappa shape index (κ1) is 12.3. The van der Waals surface area contributed by atoms with E-state index in [0.717, 1.165) is 15.3 Å². The molecule has 7 heteroatoms. The molecule has 2 nitrogen and oxygen atoms in total. The summed E-state index contributed by atoms with van der Waals surface area (Å²) in [6.07, 6.45) is -3.52. The summed E-state index contributed by atoms with van der Waals surface area (Å²) in [7, 11) is 0. The monoisotopic (exact) mass is 267 g/mol. The standard InChI is InChI=1S/C10H9F4NOS/c11-8(12)10(13,14)9(16)15-3-1-7-6(5-15)2-4-17-7/h2,4,8H,1,3,5H2. The van der Waals surface area contributed by atoms with Crippen LogP contribution in [-0.4, -0.2) is 29.7 Å². The van der Waals surface area contributed by atoms with Gasteiger partial charge >= 0.3 is 12.3 Å². The number of hydrogen-bond donors (Lipinski definition) is 0. The van der Waals surface area contributed by atoms with E-state index >= 15 is 0 Å². The first-order valence-electron chi connectivity index (χ1n) is 4.93. The molecule has 0 fully saturated rings. The molecule has 2 heterocycles. The van der Waals surface area contributed by atoms with Crippen molar-refractivity contribution in [3.05, 3.63) is 21.9 Å². The molecule has 0 saturated heterocycles. The Kier molecular flexibility index (Phi) is 3.11. The smallest absolute Gasteiger partial charge is 0.333 e. The molecule has 0 radical (unpaired) electrons. The molecule has 1 aromatic rings. The number of carbonyl (C=O) groups is 1. The van der Waals surface area contributed by atoms with Gasteiger partial charge in [-0.15, -0.1) is 11.3 Å². The van der Waals surface area contributed by atoms with Gasteiger partial charge in [-0.1, -0.05) is 0 Å². The van der Waals surface area contributed by atoms with Gasteiger partial charge in [-0.25, -0.2) is 8.78 Å². The van der Waals surface area contributed by atoms with E-state index in [9.17, 15) is 22.4 Å². The van der Waals surface area contributed by atoms with Gasteiger partial charge in [0.1, 0.15) is 0 Å². The highest BCUT2D eigenvalue weighted by Crippen LogP contribution is 2.30. The van der Waals surface area contributed by atoms with Crippen molar-refractivity contribution in [2.24, 2.45) is 0 Å². The number of thiophene rings is 1. The second kappa shape index (κ2) is 4.29. The van der Waals surface area contributed by atoms with Crippen molar-refractivity contribution < 1.29 is 22.4 Å². The fourth-order valence-corrected chi connectivity index (χ4v) is 2.62. The summed E-state index contributed by atoms with van der Waals surface area (Å²) < 4.78 is 49.9. The third kappa shape index (κ3) is 2.15. The molecule has 0 aliphatic carbocycles. The van der Waals surface area contributed by atoms with E-state index in [4.69, 9.17) is 0 Å².